The molecule has 6 nitrogen and oxygen atoms in total. The fourth-order valence-corrected chi connectivity index (χ4v) is 11.0. The zero-order valence-corrected chi connectivity index (χ0v) is 39.8. The van der Waals surface area contributed by atoms with E-state index in [0.717, 1.165) is 61.8 Å². The summed E-state index contributed by atoms with van der Waals surface area (Å²) in [5.41, 5.74) is 17.7. The van der Waals surface area contributed by atoms with E-state index in [0.29, 0.717) is 0 Å². The van der Waals surface area contributed by atoms with E-state index in [2.05, 4.69) is 250 Å². The molecule has 0 fully saturated rings. The van der Waals surface area contributed by atoms with Crippen LogP contribution in [0.15, 0.2) is 194 Å². The van der Waals surface area contributed by atoms with Crippen LogP contribution in [0, 0.1) is 18.5 Å². The van der Waals surface area contributed by atoms with Gasteiger partial charge in [0, 0.05) is 60.9 Å². The summed E-state index contributed by atoms with van der Waals surface area (Å²) in [4.78, 5) is 7.39. The molecule has 328 valence electrons. The van der Waals surface area contributed by atoms with Crippen molar-refractivity contribution >= 4 is 72.1 Å². The molecule has 2 aliphatic rings. The van der Waals surface area contributed by atoms with E-state index < -0.39 is 0 Å². The molecule has 12 aromatic rings. The largest absolute Gasteiger partial charge is 0.362 e. The summed E-state index contributed by atoms with van der Waals surface area (Å²) in [7, 11) is 0. The first-order valence-corrected chi connectivity index (χ1v) is 23.0. The SMILES string of the molecule is CC(C)(C)c1ccnc(-n2c3[c-]c4c(cc3c3ccccc32)C2C(=Cc3ccccc32)N4c2[c-]c(-n3[c-][n+](-c4cccc5c6ccccc6n(-c6ccccc6)c45)c4ccccc43)ccc2)c1.[Pt]. The molecule has 0 amide bonds. The third-order valence-corrected chi connectivity index (χ3v) is 14.0. The minimum atomic E-state index is -0.0341. The fourth-order valence-electron chi connectivity index (χ4n) is 11.0. The molecule has 68 heavy (non-hydrogen) atoms. The van der Waals surface area contributed by atoms with Crippen molar-refractivity contribution < 1.29 is 25.6 Å². The third kappa shape index (κ3) is 5.87. The molecule has 0 saturated carbocycles. The Hall–Kier alpha value is -7.79. The molecule has 8 aromatic carbocycles. The molecular formula is C61H42N6Pt-2. The third-order valence-electron chi connectivity index (χ3n) is 14.0. The van der Waals surface area contributed by atoms with Crippen molar-refractivity contribution in [1.82, 2.24) is 18.7 Å². The first-order chi connectivity index (χ1) is 32.9. The molecule has 14 rings (SSSR count). The molecular weight excluding hydrogens is 1010 g/mol. The molecule has 0 saturated heterocycles. The summed E-state index contributed by atoms with van der Waals surface area (Å²) >= 11 is 0. The Kier molecular flexibility index (Phi) is 9.00. The average molecular weight is 1050 g/mol. The first kappa shape index (κ1) is 40.5. The van der Waals surface area contributed by atoms with Crippen LogP contribution in [0.3, 0.4) is 0 Å². The quantitative estimate of drug-likeness (QED) is 0.127. The van der Waals surface area contributed by atoms with Gasteiger partial charge in [-0.15, -0.1) is 23.1 Å². The Balaban J connectivity index is 0.00000457. The van der Waals surface area contributed by atoms with Gasteiger partial charge in [0.15, 0.2) is 0 Å². The van der Waals surface area contributed by atoms with Crippen molar-refractivity contribution in [3.05, 3.63) is 235 Å². The second-order valence-electron chi connectivity index (χ2n) is 18.8. The van der Waals surface area contributed by atoms with Crippen LogP contribution in [-0.2, 0) is 26.5 Å². The van der Waals surface area contributed by atoms with Gasteiger partial charge in [-0.2, -0.15) is 24.3 Å². The zero-order chi connectivity index (χ0) is 44.5. The Bertz CT molecular complexity index is 4050. The van der Waals surface area contributed by atoms with Gasteiger partial charge in [0.2, 0.25) is 0 Å². The van der Waals surface area contributed by atoms with Gasteiger partial charge in [-0.1, -0.05) is 153 Å². The smallest absolute Gasteiger partial charge is 0.268 e. The van der Waals surface area contributed by atoms with Gasteiger partial charge in [-0.3, -0.25) is 4.57 Å². The number of imidazole rings is 1. The maximum atomic E-state index is 5.00. The van der Waals surface area contributed by atoms with E-state index in [1.165, 1.54) is 55.0 Å². The molecule has 0 radical (unpaired) electrons. The molecule has 1 aliphatic carbocycles. The van der Waals surface area contributed by atoms with E-state index in [1.54, 1.807) is 0 Å². The minimum Gasteiger partial charge on any atom is -0.362 e. The number of hydrogen-bond donors (Lipinski definition) is 0. The summed E-state index contributed by atoms with van der Waals surface area (Å²) in [6.45, 7) is 6.76. The van der Waals surface area contributed by atoms with Crippen molar-refractivity contribution in [2.24, 2.45) is 0 Å². The summed E-state index contributed by atoms with van der Waals surface area (Å²) < 4.78 is 9.07. The first-order valence-electron chi connectivity index (χ1n) is 23.0. The maximum Gasteiger partial charge on any atom is 0.268 e. The number of rotatable bonds is 5. The standard InChI is InChI=1S/C61H42N6.Pt/c1-61(2,3)40-31-32-62-58(34-40)67-51-27-12-10-24-46(51)48-36-49-56(37-55(48)67)65(57-33-39-17-7-8-22-44(39)59(49)57)43-21-15-20-42(35-43)63-38-64(53-29-14-13-28-52(53)63)54-30-16-25-47-45-23-9-11-26-50(45)66(60(47)54)41-18-5-4-6-19-41;/h4-34,36,59H,1-3H3;/q-2;. The Labute approximate surface area is 408 Å². The molecule has 1 aliphatic heterocycles. The van der Waals surface area contributed by atoms with Crippen LogP contribution >= 0.6 is 0 Å². The Morgan fingerprint density at radius 1 is 0.574 bits per heavy atom. The van der Waals surface area contributed by atoms with E-state index in [4.69, 9.17) is 4.98 Å². The molecule has 5 heterocycles. The van der Waals surface area contributed by atoms with Gasteiger partial charge in [0.25, 0.3) is 6.33 Å². The molecule has 0 spiro atoms. The van der Waals surface area contributed by atoms with Crippen LogP contribution in [0.25, 0.3) is 83.6 Å². The fraction of sp³-hybridized carbons (Fsp3) is 0.0820. The average Bonchev–Trinajstić information content (AvgIpc) is 4.17. The molecule has 0 bridgehead atoms. The predicted molar refractivity (Wildman–Crippen MR) is 271 cm³/mol. The van der Waals surface area contributed by atoms with E-state index in [9.17, 15) is 0 Å². The summed E-state index contributed by atoms with van der Waals surface area (Å²) in [6, 6.07) is 73.3. The van der Waals surface area contributed by atoms with Crippen molar-refractivity contribution in [3.8, 4) is 22.9 Å². The number of hydrogen-bond acceptors (Lipinski definition) is 2. The van der Waals surface area contributed by atoms with Gasteiger partial charge < -0.3 is 18.6 Å². The molecule has 1 unspecified atom stereocenters. The van der Waals surface area contributed by atoms with Gasteiger partial charge in [0.1, 0.15) is 5.82 Å². The summed E-state index contributed by atoms with van der Waals surface area (Å²) in [6.07, 6.45) is 8.15. The van der Waals surface area contributed by atoms with E-state index in [-0.39, 0.29) is 32.4 Å². The molecule has 7 heteroatoms. The number of para-hydroxylation sites is 6. The van der Waals surface area contributed by atoms with Crippen molar-refractivity contribution in [2.75, 3.05) is 4.90 Å². The summed E-state index contributed by atoms with van der Waals surface area (Å²) in [5.74, 6) is 0.937. The van der Waals surface area contributed by atoms with Crippen LogP contribution in [0.4, 0.5) is 11.4 Å². The molecule has 0 N–H and O–H groups in total. The second-order valence-corrected chi connectivity index (χ2v) is 18.8. The number of anilines is 2. The number of pyridine rings is 1. The molecule has 1 atom stereocenters. The molecule has 4 aromatic heterocycles. The monoisotopic (exact) mass is 1050 g/mol. The van der Waals surface area contributed by atoms with Crippen molar-refractivity contribution in [2.45, 2.75) is 32.1 Å². The van der Waals surface area contributed by atoms with Crippen molar-refractivity contribution in [1.29, 1.82) is 0 Å². The van der Waals surface area contributed by atoms with Gasteiger partial charge in [-0.25, -0.2) is 4.98 Å². The topological polar surface area (TPSA) is 34.8 Å². The number of nitrogens with zero attached hydrogens (tertiary/aromatic N) is 6. The van der Waals surface area contributed by atoms with Crippen LogP contribution in [0.1, 0.15) is 48.9 Å². The van der Waals surface area contributed by atoms with Crippen molar-refractivity contribution in [3.63, 3.8) is 0 Å². The van der Waals surface area contributed by atoms with Crippen LogP contribution in [0.2, 0.25) is 0 Å². The number of allylic oxidation sites excluding steroid dienone is 1. The van der Waals surface area contributed by atoms with Gasteiger partial charge >= 0.3 is 0 Å². The number of fused-ring (bicyclic) bond motifs is 12. The van der Waals surface area contributed by atoms with E-state index >= 15 is 0 Å². The normalized spacial score (nSPS) is 14.2. The van der Waals surface area contributed by atoms with Crippen LogP contribution in [0.5, 0.6) is 0 Å². The van der Waals surface area contributed by atoms with Gasteiger partial charge in [-0.05, 0) is 81.7 Å². The maximum absolute atomic E-state index is 5.00. The second kappa shape index (κ2) is 15.1. The predicted octanol–water partition coefficient (Wildman–Crippen LogP) is 13.8. The number of benzene rings is 8. The zero-order valence-electron chi connectivity index (χ0n) is 37.6. The Morgan fingerprint density at radius 2 is 1.25 bits per heavy atom. The van der Waals surface area contributed by atoms with E-state index in [1.807, 2.05) is 6.20 Å². The summed E-state index contributed by atoms with van der Waals surface area (Å²) in [5, 5.41) is 4.76. The van der Waals surface area contributed by atoms with Gasteiger partial charge in [0.05, 0.1) is 27.8 Å². The minimum absolute atomic E-state index is 0. The van der Waals surface area contributed by atoms with Crippen LogP contribution in [-0.4, -0.2) is 18.7 Å². The Morgan fingerprint density at radius 3 is 2.07 bits per heavy atom. The van der Waals surface area contributed by atoms with Crippen LogP contribution < -0.4 is 9.47 Å². The number of aromatic nitrogens is 5.